The maximum absolute atomic E-state index is 12.3. The zero-order valence-electron chi connectivity index (χ0n) is 13.0. The average Bonchev–Trinajstić information content (AvgIpc) is 2.53. The lowest BCUT2D eigenvalue weighted by atomic mass is 9.94. The molecule has 0 aromatic heterocycles. The van der Waals surface area contributed by atoms with E-state index in [1.165, 1.54) is 0 Å². The fraction of sp³-hybridized carbons (Fsp3) is 0.294. The molecule has 1 heterocycles. The maximum atomic E-state index is 12.3. The molecule has 23 heavy (non-hydrogen) atoms. The van der Waals surface area contributed by atoms with Crippen LogP contribution in [0.5, 0.6) is 0 Å². The fourth-order valence-corrected chi connectivity index (χ4v) is 2.52. The number of esters is 1. The third-order valence-electron chi connectivity index (χ3n) is 3.39. The van der Waals surface area contributed by atoms with Gasteiger partial charge in [0, 0.05) is 12.8 Å². The summed E-state index contributed by atoms with van der Waals surface area (Å²) in [4.78, 5) is 12.3. The van der Waals surface area contributed by atoms with Crippen LogP contribution in [-0.2, 0) is 14.3 Å². The molecular formula is C17H20N2O3S. The van der Waals surface area contributed by atoms with Crippen LogP contribution in [0.3, 0.4) is 0 Å². The molecule has 1 aliphatic rings. The van der Waals surface area contributed by atoms with Crippen LogP contribution in [-0.4, -0.2) is 37.4 Å². The Morgan fingerprint density at radius 3 is 2.78 bits per heavy atom. The Balaban J connectivity index is 2.11. The van der Waals surface area contributed by atoms with E-state index in [1.807, 2.05) is 42.5 Å². The summed E-state index contributed by atoms with van der Waals surface area (Å²) in [6.07, 6.45) is 3.84. The highest BCUT2D eigenvalue weighted by Gasteiger charge is 2.35. The van der Waals surface area contributed by atoms with E-state index < -0.39 is 5.92 Å². The van der Waals surface area contributed by atoms with Gasteiger partial charge in [-0.25, -0.2) is 0 Å². The lowest BCUT2D eigenvalue weighted by molar-refractivity contribution is -0.149. The van der Waals surface area contributed by atoms with E-state index >= 15 is 0 Å². The number of ether oxygens (including phenoxy) is 2. The largest absolute Gasteiger partial charge is 0.463 e. The van der Waals surface area contributed by atoms with Crippen LogP contribution in [0, 0.1) is 5.92 Å². The zero-order valence-corrected chi connectivity index (χ0v) is 13.8. The van der Waals surface area contributed by atoms with Crippen LogP contribution >= 0.6 is 12.2 Å². The van der Waals surface area contributed by atoms with Crippen molar-refractivity contribution in [2.24, 2.45) is 5.92 Å². The minimum absolute atomic E-state index is 0.207. The van der Waals surface area contributed by atoms with Gasteiger partial charge in [0.05, 0.1) is 12.6 Å². The number of thiocarbonyl (C=S) groups is 1. The Labute approximate surface area is 141 Å². The molecule has 0 unspecified atom stereocenters. The van der Waals surface area contributed by atoms with Crippen molar-refractivity contribution >= 4 is 29.4 Å². The molecule has 1 aromatic rings. The average molecular weight is 332 g/mol. The van der Waals surface area contributed by atoms with E-state index in [0.29, 0.717) is 17.4 Å². The smallest absolute Gasteiger partial charge is 0.317 e. The van der Waals surface area contributed by atoms with E-state index in [0.717, 1.165) is 5.56 Å². The molecule has 2 rings (SSSR count). The van der Waals surface area contributed by atoms with Crippen LogP contribution in [0.2, 0.25) is 0 Å². The number of rotatable bonds is 6. The highest BCUT2D eigenvalue weighted by atomic mass is 32.1. The molecule has 0 amide bonds. The van der Waals surface area contributed by atoms with E-state index in [2.05, 4.69) is 17.2 Å². The number of benzene rings is 1. The zero-order chi connectivity index (χ0) is 16.7. The van der Waals surface area contributed by atoms with Gasteiger partial charge in [0.2, 0.25) is 0 Å². The van der Waals surface area contributed by atoms with Crippen molar-refractivity contribution in [1.29, 1.82) is 0 Å². The molecule has 0 radical (unpaired) electrons. The van der Waals surface area contributed by atoms with Crippen molar-refractivity contribution < 1.29 is 14.3 Å². The molecule has 0 spiro atoms. The van der Waals surface area contributed by atoms with Crippen LogP contribution in [0.15, 0.2) is 48.7 Å². The molecule has 122 valence electrons. The quantitative estimate of drug-likeness (QED) is 0.471. The van der Waals surface area contributed by atoms with Gasteiger partial charge in [-0.3, -0.25) is 4.79 Å². The van der Waals surface area contributed by atoms with Gasteiger partial charge >= 0.3 is 5.97 Å². The SMILES string of the molecule is C=C1NC(=S)N[C@@H](/C=C/c2ccccc2)[C@@H]1C(=O)OCCOC. The minimum atomic E-state index is -0.557. The molecule has 5 nitrogen and oxygen atoms in total. The van der Waals surface area contributed by atoms with Crippen molar-refractivity contribution in [2.75, 3.05) is 20.3 Å². The van der Waals surface area contributed by atoms with E-state index in [9.17, 15) is 4.79 Å². The lowest BCUT2D eigenvalue weighted by Gasteiger charge is -2.32. The summed E-state index contributed by atoms with van der Waals surface area (Å²) in [6, 6.07) is 9.51. The Morgan fingerprint density at radius 1 is 1.35 bits per heavy atom. The molecule has 2 atom stereocenters. The second-order valence-corrected chi connectivity index (χ2v) is 5.47. The van der Waals surface area contributed by atoms with E-state index in [4.69, 9.17) is 21.7 Å². The lowest BCUT2D eigenvalue weighted by Crippen LogP contribution is -2.55. The Hall–Kier alpha value is -2.18. The van der Waals surface area contributed by atoms with E-state index in [-0.39, 0.29) is 18.6 Å². The molecule has 1 aliphatic heterocycles. The van der Waals surface area contributed by atoms with Crippen molar-refractivity contribution in [3.63, 3.8) is 0 Å². The van der Waals surface area contributed by atoms with Gasteiger partial charge in [-0.05, 0) is 17.8 Å². The summed E-state index contributed by atoms with van der Waals surface area (Å²) >= 11 is 5.15. The number of nitrogens with one attached hydrogen (secondary N) is 2. The second-order valence-electron chi connectivity index (χ2n) is 5.06. The first-order valence-corrected chi connectivity index (χ1v) is 7.68. The van der Waals surface area contributed by atoms with Crippen LogP contribution in [0.1, 0.15) is 5.56 Å². The van der Waals surface area contributed by atoms with Crippen molar-refractivity contribution in [2.45, 2.75) is 6.04 Å². The number of hydrogen-bond donors (Lipinski definition) is 2. The minimum Gasteiger partial charge on any atom is -0.463 e. The van der Waals surface area contributed by atoms with Gasteiger partial charge in [-0.15, -0.1) is 0 Å². The van der Waals surface area contributed by atoms with Gasteiger partial charge in [0.1, 0.15) is 12.5 Å². The predicted molar refractivity (Wildman–Crippen MR) is 93.6 cm³/mol. The summed E-state index contributed by atoms with van der Waals surface area (Å²) in [5.74, 6) is -0.921. The normalized spacial score (nSPS) is 20.9. The van der Waals surface area contributed by atoms with Gasteiger partial charge in [0.25, 0.3) is 0 Å². The topological polar surface area (TPSA) is 59.6 Å². The highest BCUT2D eigenvalue weighted by molar-refractivity contribution is 7.80. The Bertz CT molecular complexity index is 601. The molecule has 1 fully saturated rings. The number of carbonyl (C=O) groups is 1. The second kappa shape index (κ2) is 8.45. The number of methoxy groups -OCH3 is 1. The molecule has 0 bridgehead atoms. The van der Waals surface area contributed by atoms with Crippen LogP contribution in [0.4, 0.5) is 0 Å². The standard InChI is InChI=1S/C17H20N2O3S/c1-12-15(16(20)22-11-10-21-2)14(19-17(23)18-12)9-8-13-6-4-3-5-7-13/h3-9,14-15H,1,10-11H2,2H3,(H2,18,19,23)/b9-8+/t14-,15+/m0/s1. The molecule has 0 aliphatic carbocycles. The summed E-state index contributed by atoms with van der Waals surface area (Å²) in [5.41, 5.74) is 1.56. The summed E-state index contributed by atoms with van der Waals surface area (Å²) in [6.45, 7) is 4.46. The van der Waals surface area contributed by atoms with Crippen LogP contribution in [0.25, 0.3) is 6.08 Å². The molecule has 1 aromatic carbocycles. The van der Waals surface area contributed by atoms with Crippen molar-refractivity contribution in [3.8, 4) is 0 Å². The number of carbonyl (C=O) groups excluding carboxylic acids is 1. The van der Waals surface area contributed by atoms with Crippen molar-refractivity contribution in [3.05, 3.63) is 54.2 Å². The van der Waals surface area contributed by atoms with E-state index in [1.54, 1.807) is 7.11 Å². The first-order chi connectivity index (χ1) is 11.1. The first-order valence-electron chi connectivity index (χ1n) is 7.27. The van der Waals surface area contributed by atoms with Gasteiger partial charge in [-0.1, -0.05) is 49.1 Å². The summed E-state index contributed by atoms with van der Waals surface area (Å²) < 4.78 is 10.1. The third-order valence-corrected chi connectivity index (χ3v) is 3.61. The van der Waals surface area contributed by atoms with Gasteiger partial charge in [0.15, 0.2) is 5.11 Å². The van der Waals surface area contributed by atoms with Crippen LogP contribution < -0.4 is 10.6 Å². The van der Waals surface area contributed by atoms with Gasteiger partial charge < -0.3 is 20.1 Å². The molecule has 0 saturated carbocycles. The third kappa shape index (κ3) is 4.91. The molecular weight excluding hydrogens is 312 g/mol. The monoisotopic (exact) mass is 332 g/mol. The number of hydrogen-bond acceptors (Lipinski definition) is 4. The summed E-state index contributed by atoms with van der Waals surface area (Å²) in [7, 11) is 1.56. The predicted octanol–water partition coefficient (Wildman–Crippen LogP) is 1.87. The maximum Gasteiger partial charge on any atom is 0.317 e. The van der Waals surface area contributed by atoms with Gasteiger partial charge in [-0.2, -0.15) is 0 Å². The Morgan fingerprint density at radius 2 is 2.09 bits per heavy atom. The highest BCUT2D eigenvalue weighted by Crippen LogP contribution is 2.20. The molecule has 1 saturated heterocycles. The van der Waals surface area contributed by atoms with Crippen molar-refractivity contribution in [1.82, 2.24) is 10.6 Å². The Kier molecular flexibility index (Phi) is 6.31. The molecule has 2 N–H and O–H groups in total. The molecule has 6 heteroatoms. The first kappa shape index (κ1) is 17.2. The fourth-order valence-electron chi connectivity index (χ4n) is 2.25. The summed E-state index contributed by atoms with van der Waals surface area (Å²) in [5, 5.41) is 6.41.